The van der Waals surface area contributed by atoms with E-state index in [1.54, 1.807) is 4.90 Å². The summed E-state index contributed by atoms with van der Waals surface area (Å²) in [6.07, 6.45) is 4.71. The lowest BCUT2D eigenvalue weighted by Crippen LogP contribution is -2.50. The maximum Gasteiger partial charge on any atom is 0.410 e. The molecule has 6 nitrogen and oxygen atoms in total. The maximum atomic E-state index is 12.2. The average Bonchev–Trinajstić information content (AvgIpc) is 3.12. The third kappa shape index (κ3) is 6.74. The number of ether oxygens (including phenoxy) is 1. The molecule has 0 saturated carbocycles. The largest absolute Gasteiger partial charge is 0.444 e. The van der Waals surface area contributed by atoms with Gasteiger partial charge in [0, 0.05) is 32.7 Å². The van der Waals surface area contributed by atoms with Gasteiger partial charge in [-0.3, -0.25) is 9.69 Å². The van der Waals surface area contributed by atoms with Gasteiger partial charge in [-0.05, 0) is 69.7 Å². The highest BCUT2D eigenvalue weighted by atomic mass is 16.6. The Morgan fingerprint density at radius 3 is 2.52 bits per heavy atom. The number of nitrogens with zero attached hydrogens (tertiary/aromatic N) is 2. The summed E-state index contributed by atoms with van der Waals surface area (Å²) in [6.45, 7) is 10.4. The molecule has 29 heavy (non-hydrogen) atoms. The van der Waals surface area contributed by atoms with Crippen molar-refractivity contribution in [1.82, 2.24) is 15.1 Å². The number of carbonyl (C=O) groups is 2. The second-order valence-electron chi connectivity index (χ2n) is 9.15. The lowest BCUT2D eigenvalue weighted by atomic mass is 10.0. The average molecular weight is 402 g/mol. The lowest BCUT2D eigenvalue weighted by Gasteiger charge is -2.35. The first-order valence-corrected chi connectivity index (χ1v) is 10.9. The second-order valence-corrected chi connectivity index (χ2v) is 9.15. The van der Waals surface area contributed by atoms with Gasteiger partial charge in [0.2, 0.25) is 5.91 Å². The summed E-state index contributed by atoms with van der Waals surface area (Å²) < 4.78 is 5.43. The zero-order valence-electron chi connectivity index (χ0n) is 18.1. The molecule has 1 aromatic carbocycles. The molecule has 1 heterocycles. The Bertz CT molecular complexity index is 719. The molecule has 0 bridgehead atoms. The van der Waals surface area contributed by atoms with Gasteiger partial charge in [0.15, 0.2) is 0 Å². The zero-order valence-corrected chi connectivity index (χ0v) is 18.1. The summed E-state index contributed by atoms with van der Waals surface area (Å²) in [5, 5.41) is 3.04. The van der Waals surface area contributed by atoms with Crippen molar-refractivity contribution >= 4 is 12.0 Å². The number of fused-ring (bicyclic) bond motifs is 1. The van der Waals surface area contributed by atoms with Crippen molar-refractivity contribution in [2.24, 2.45) is 0 Å². The van der Waals surface area contributed by atoms with Crippen LogP contribution in [-0.4, -0.2) is 66.7 Å². The molecular formula is C23H35N3O3. The van der Waals surface area contributed by atoms with E-state index >= 15 is 0 Å². The molecule has 2 amide bonds. The number of rotatable bonds is 6. The number of piperazine rings is 1. The highest BCUT2D eigenvalue weighted by Crippen LogP contribution is 2.23. The van der Waals surface area contributed by atoms with E-state index in [2.05, 4.69) is 28.4 Å². The van der Waals surface area contributed by atoms with Gasteiger partial charge in [0.05, 0.1) is 6.42 Å². The summed E-state index contributed by atoms with van der Waals surface area (Å²) in [5.74, 6) is 0.0951. The molecule has 0 radical (unpaired) electrons. The molecule has 6 heteroatoms. The Balaban J connectivity index is 1.29. The first kappa shape index (κ1) is 21.6. The number of nitrogens with one attached hydrogen (secondary N) is 1. The van der Waals surface area contributed by atoms with E-state index in [4.69, 9.17) is 4.74 Å². The van der Waals surface area contributed by atoms with Crippen molar-refractivity contribution in [2.75, 3.05) is 39.3 Å². The SMILES string of the molecule is CC(C)(C)OC(=O)N1CCN(CCCNC(=O)Cc2ccc3c(c2)CCC3)CC1. The summed E-state index contributed by atoms with van der Waals surface area (Å²) in [4.78, 5) is 28.4. The number of carbonyl (C=O) groups excluding carboxylic acids is 2. The van der Waals surface area contributed by atoms with Gasteiger partial charge >= 0.3 is 6.09 Å². The van der Waals surface area contributed by atoms with Crippen molar-refractivity contribution in [3.8, 4) is 0 Å². The Hall–Kier alpha value is -2.08. The third-order valence-electron chi connectivity index (χ3n) is 5.52. The smallest absolute Gasteiger partial charge is 0.410 e. The topological polar surface area (TPSA) is 61.9 Å². The summed E-state index contributed by atoms with van der Waals surface area (Å²) in [7, 11) is 0. The van der Waals surface area contributed by atoms with Crippen LogP contribution in [0.1, 0.15) is 50.3 Å². The van der Waals surface area contributed by atoms with Gasteiger partial charge in [-0.1, -0.05) is 18.2 Å². The fourth-order valence-corrected chi connectivity index (χ4v) is 3.99. The van der Waals surface area contributed by atoms with E-state index in [0.29, 0.717) is 26.1 Å². The number of hydrogen-bond acceptors (Lipinski definition) is 4. The van der Waals surface area contributed by atoms with E-state index in [-0.39, 0.29) is 12.0 Å². The van der Waals surface area contributed by atoms with Crippen LogP contribution in [0.3, 0.4) is 0 Å². The summed E-state index contributed by atoms with van der Waals surface area (Å²) in [6, 6.07) is 6.47. The monoisotopic (exact) mass is 401 g/mol. The normalized spacial score (nSPS) is 17.1. The standard InChI is InChI=1S/C23H35N3O3/c1-23(2,3)29-22(28)26-14-12-25(13-15-26)11-5-10-24-21(27)17-18-8-9-19-6-4-7-20(19)16-18/h8-9,16H,4-7,10-15,17H2,1-3H3,(H,24,27). The molecule has 3 rings (SSSR count). The molecule has 1 fully saturated rings. The summed E-state index contributed by atoms with van der Waals surface area (Å²) in [5.41, 5.74) is 3.52. The lowest BCUT2D eigenvalue weighted by molar-refractivity contribution is -0.120. The molecule has 2 aliphatic rings. The number of amides is 2. The molecule has 0 spiro atoms. The predicted octanol–water partition coefficient (Wildman–Crippen LogP) is 2.78. The Morgan fingerprint density at radius 1 is 1.07 bits per heavy atom. The van der Waals surface area contributed by atoms with Crippen LogP contribution >= 0.6 is 0 Å². The Morgan fingerprint density at radius 2 is 1.79 bits per heavy atom. The molecule has 1 saturated heterocycles. The van der Waals surface area contributed by atoms with Gasteiger partial charge in [0.25, 0.3) is 0 Å². The fraction of sp³-hybridized carbons (Fsp3) is 0.652. The van der Waals surface area contributed by atoms with Gasteiger partial charge in [0.1, 0.15) is 5.60 Å². The first-order chi connectivity index (χ1) is 13.8. The molecule has 0 aromatic heterocycles. The van der Waals surface area contributed by atoms with Crippen LogP contribution in [-0.2, 0) is 28.8 Å². The van der Waals surface area contributed by atoms with E-state index in [0.717, 1.165) is 38.0 Å². The van der Waals surface area contributed by atoms with Crippen LogP contribution in [0, 0.1) is 0 Å². The van der Waals surface area contributed by atoms with Crippen molar-refractivity contribution in [2.45, 2.75) is 58.5 Å². The highest BCUT2D eigenvalue weighted by Gasteiger charge is 2.25. The van der Waals surface area contributed by atoms with Crippen molar-refractivity contribution in [3.63, 3.8) is 0 Å². The van der Waals surface area contributed by atoms with Crippen LogP contribution < -0.4 is 5.32 Å². The van der Waals surface area contributed by atoms with Crippen molar-refractivity contribution < 1.29 is 14.3 Å². The Kier molecular flexibility index (Phi) is 7.17. The molecule has 1 aromatic rings. The van der Waals surface area contributed by atoms with Crippen LogP contribution in [0.4, 0.5) is 4.79 Å². The molecular weight excluding hydrogens is 366 g/mol. The fourth-order valence-electron chi connectivity index (χ4n) is 3.99. The second kappa shape index (κ2) is 9.61. The minimum atomic E-state index is -0.452. The van der Waals surface area contributed by atoms with E-state index in [9.17, 15) is 9.59 Å². The van der Waals surface area contributed by atoms with Gasteiger partial charge in [-0.2, -0.15) is 0 Å². The van der Waals surface area contributed by atoms with Gasteiger partial charge in [-0.25, -0.2) is 4.79 Å². The van der Waals surface area contributed by atoms with E-state index < -0.39 is 5.60 Å². The molecule has 1 aliphatic carbocycles. The van der Waals surface area contributed by atoms with E-state index in [1.165, 1.54) is 24.0 Å². The molecule has 160 valence electrons. The molecule has 0 atom stereocenters. The molecule has 0 unspecified atom stereocenters. The molecule has 1 N–H and O–H groups in total. The van der Waals surface area contributed by atoms with Crippen LogP contribution in [0.5, 0.6) is 0 Å². The van der Waals surface area contributed by atoms with Crippen LogP contribution in [0.25, 0.3) is 0 Å². The van der Waals surface area contributed by atoms with Gasteiger partial charge in [-0.15, -0.1) is 0 Å². The van der Waals surface area contributed by atoms with Crippen molar-refractivity contribution in [1.29, 1.82) is 0 Å². The zero-order chi connectivity index (χ0) is 20.9. The summed E-state index contributed by atoms with van der Waals surface area (Å²) >= 11 is 0. The van der Waals surface area contributed by atoms with Crippen LogP contribution in [0.15, 0.2) is 18.2 Å². The number of benzene rings is 1. The quantitative estimate of drug-likeness (QED) is 0.745. The minimum Gasteiger partial charge on any atom is -0.444 e. The van der Waals surface area contributed by atoms with Crippen LogP contribution in [0.2, 0.25) is 0 Å². The van der Waals surface area contributed by atoms with E-state index in [1.807, 2.05) is 20.8 Å². The third-order valence-corrected chi connectivity index (χ3v) is 5.52. The Labute approximate surface area is 174 Å². The number of hydrogen-bond donors (Lipinski definition) is 1. The van der Waals surface area contributed by atoms with Crippen molar-refractivity contribution in [3.05, 3.63) is 34.9 Å². The minimum absolute atomic E-state index is 0.0951. The highest BCUT2D eigenvalue weighted by molar-refractivity contribution is 5.78. The van der Waals surface area contributed by atoms with Gasteiger partial charge < -0.3 is 15.0 Å². The first-order valence-electron chi connectivity index (χ1n) is 10.9. The number of aryl methyl sites for hydroxylation is 2. The molecule has 1 aliphatic heterocycles. The predicted molar refractivity (Wildman–Crippen MR) is 114 cm³/mol. The maximum absolute atomic E-state index is 12.2.